The van der Waals surface area contributed by atoms with Crippen LogP contribution in [0, 0.1) is 0 Å². The second-order valence-electron chi connectivity index (χ2n) is 10.3. The third-order valence-electron chi connectivity index (χ3n) is 6.74. The molecule has 4 aromatic rings. The number of nitrogens with zero attached hydrogens (tertiary/aromatic N) is 6. The Morgan fingerprint density at radius 2 is 1.75 bits per heavy atom. The number of benzene rings is 1. The zero-order valence-corrected chi connectivity index (χ0v) is 23.1. The third kappa shape index (κ3) is 7.16. The number of rotatable bonds is 9. The van der Waals surface area contributed by atoms with Crippen LogP contribution in [0.3, 0.4) is 0 Å². The SMILES string of the molecule is CN(C)CC=CC(=O)Nc1ccnc(-c2nccc3cnc(Nc4ccc(NC5CCN(C)CC5)cc4)nc23)c1. The number of likely N-dealkylation sites (N-methyl/N-ethyl adjacent to an activating group) is 1. The molecule has 3 aromatic heterocycles. The lowest BCUT2D eigenvalue weighted by Crippen LogP contribution is -2.36. The molecule has 0 atom stereocenters. The number of likely N-dealkylation sites (tertiary alicyclic amines) is 1. The highest BCUT2D eigenvalue weighted by molar-refractivity contribution is 6.00. The molecular weight excluding hydrogens is 502 g/mol. The average molecular weight is 538 g/mol. The van der Waals surface area contributed by atoms with Crippen LogP contribution < -0.4 is 16.0 Å². The number of pyridine rings is 2. The van der Waals surface area contributed by atoms with Crippen molar-refractivity contribution in [3.8, 4) is 11.4 Å². The van der Waals surface area contributed by atoms with Crippen LogP contribution in [0.25, 0.3) is 22.3 Å². The summed E-state index contributed by atoms with van der Waals surface area (Å²) < 4.78 is 0. The van der Waals surface area contributed by atoms with E-state index in [0.29, 0.717) is 41.1 Å². The predicted octanol–water partition coefficient (Wildman–Crippen LogP) is 4.39. The van der Waals surface area contributed by atoms with Crippen molar-refractivity contribution < 1.29 is 4.79 Å². The second kappa shape index (κ2) is 12.6. The van der Waals surface area contributed by atoms with Gasteiger partial charge in [0.05, 0.1) is 5.69 Å². The van der Waals surface area contributed by atoms with E-state index in [0.717, 1.165) is 42.7 Å². The minimum Gasteiger partial charge on any atom is -0.382 e. The lowest BCUT2D eigenvalue weighted by atomic mass is 10.1. The Morgan fingerprint density at radius 3 is 2.52 bits per heavy atom. The first-order valence-electron chi connectivity index (χ1n) is 13.5. The molecule has 40 heavy (non-hydrogen) atoms. The van der Waals surface area contributed by atoms with Crippen molar-refractivity contribution in [2.24, 2.45) is 0 Å². The van der Waals surface area contributed by atoms with E-state index in [-0.39, 0.29) is 5.91 Å². The predicted molar refractivity (Wildman–Crippen MR) is 161 cm³/mol. The number of carbonyl (C=O) groups excluding carboxylic acids is 1. The summed E-state index contributed by atoms with van der Waals surface area (Å²) in [5.74, 6) is 0.263. The van der Waals surface area contributed by atoms with Gasteiger partial charge in [0, 0.05) is 59.7 Å². The summed E-state index contributed by atoms with van der Waals surface area (Å²) in [7, 11) is 6.07. The molecule has 1 fully saturated rings. The molecule has 0 radical (unpaired) electrons. The molecule has 0 aliphatic carbocycles. The van der Waals surface area contributed by atoms with Gasteiger partial charge in [0.15, 0.2) is 0 Å². The Bertz CT molecular complexity index is 1480. The van der Waals surface area contributed by atoms with Crippen LogP contribution >= 0.6 is 0 Å². The molecule has 10 nitrogen and oxygen atoms in total. The first kappa shape index (κ1) is 27.2. The van der Waals surface area contributed by atoms with Crippen molar-refractivity contribution in [3.63, 3.8) is 0 Å². The van der Waals surface area contributed by atoms with E-state index in [1.165, 1.54) is 6.08 Å². The molecule has 5 rings (SSSR count). The van der Waals surface area contributed by atoms with Crippen molar-refractivity contribution in [1.82, 2.24) is 29.7 Å². The lowest BCUT2D eigenvalue weighted by molar-refractivity contribution is -0.111. The smallest absolute Gasteiger partial charge is 0.248 e. The zero-order valence-electron chi connectivity index (χ0n) is 23.1. The molecule has 4 heterocycles. The number of anilines is 4. The molecule has 3 N–H and O–H groups in total. The van der Waals surface area contributed by atoms with Gasteiger partial charge in [-0.15, -0.1) is 0 Å². The molecule has 0 bridgehead atoms. The van der Waals surface area contributed by atoms with Crippen molar-refractivity contribution >= 4 is 39.8 Å². The molecule has 206 valence electrons. The summed E-state index contributed by atoms with van der Waals surface area (Å²) in [6.45, 7) is 2.93. The van der Waals surface area contributed by atoms with Crippen LogP contribution in [-0.4, -0.2) is 82.5 Å². The van der Waals surface area contributed by atoms with Gasteiger partial charge in [-0.05, 0) is 89.5 Å². The Morgan fingerprint density at radius 1 is 1.00 bits per heavy atom. The van der Waals surface area contributed by atoms with E-state index in [4.69, 9.17) is 4.98 Å². The van der Waals surface area contributed by atoms with Gasteiger partial charge in [-0.25, -0.2) is 9.97 Å². The van der Waals surface area contributed by atoms with E-state index < -0.39 is 0 Å². The summed E-state index contributed by atoms with van der Waals surface area (Å²) in [6.07, 6.45) is 10.8. The summed E-state index contributed by atoms with van der Waals surface area (Å²) in [4.78, 5) is 35.0. The standard InChI is InChI=1S/C30H35N9O/c1-38(2)16-4-5-27(40)35-25-11-15-31-26(19-25)29-28-21(10-14-32-29)20-33-30(37-28)36-23-8-6-22(7-9-23)34-24-12-17-39(3)18-13-24/h4-11,14-15,19-20,24,34H,12-13,16-18H2,1-3H3,(H,31,35,40)(H,33,36,37). The Balaban J connectivity index is 1.30. The van der Waals surface area contributed by atoms with Gasteiger partial charge in [-0.1, -0.05) is 6.08 Å². The minimum absolute atomic E-state index is 0.203. The zero-order chi connectivity index (χ0) is 27.9. The number of piperidine rings is 1. The van der Waals surface area contributed by atoms with Crippen LogP contribution in [0.2, 0.25) is 0 Å². The highest BCUT2D eigenvalue weighted by Crippen LogP contribution is 2.27. The van der Waals surface area contributed by atoms with E-state index in [2.05, 4.69) is 55.0 Å². The Kier molecular flexibility index (Phi) is 8.58. The number of fused-ring (bicyclic) bond motifs is 1. The fraction of sp³-hybridized carbons (Fsp3) is 0.300. The summed E-state index contributed by atoms with van der Waals surface area (Å²) >= 11 is 0. The Hall–Kier alpha value is -4.41. The van der Waals surface area contributed by atoms with E-state index in [1.807, 2.05) is 43.3 Å². The topological polar surface area (TPSA) is 111 Å². The van der Waals surface area contributed by atoms with Gasteiger partial charge in [0.1, 0.15) is 11.2 Å². The fourth-order valence-electron chi connectivity index (χ4n) is 4.56. The summed E-state index contributed by atoms with van der Waals surface area (Å²) in [5.41, 5.74) is 4.52. The minimum atomic E-state index is -0.203. The van der Waals surface area contributed by atoms with Crippen molar-refractivity contribution in [2.75, 3.05) is 56.7 Å². The molecule has 0 saturated carbocycles. The molecule has 10 heteroatoms. The monoisotopic (exact) mass is 537 g/mol. The van der Waals surface area contributed by atoms with Gasteiger partial charge in [-0.3, -0.25) is 14.8 Å². The van der Waals surface area contributed by atoms with Crippen LogP contribution in [0.4, 0.5) is 23.0 Å². The fourth-order valence-corrected chi connectivity index (χ4v) is 4.56. The second-order valence-corrected chi connectivity index (χ2v) is 10.3. The molecule has 1 amide bonds. The maximum atomic E-state index is 12.3. The van der Waals surface area contributed by atoms with Gasteiger partial charge in [0.25, 0.3) is 0 Å². The van der Waals surface area contributed by atoms with Gasteiger partial charge in [-0.2, -0.15) is 0 Å². The molecular formula is C30H35N9O. The van der Waals surface area contributed by atoms with E-state index in [9.17, 15) is 4.79 Å². The highest BCUT2D eigenvalue weighted by atomic mass is 16.1. The largest absolute Gasteiger partial charge is 0.382 e. The van der Waals surface area contributed by atoms with E-state index in [1.54, 1.807) is 30.7 Å². The number of hydrogen-bond acceptors (Lipinski definition) is 9. The van der Waals surface area contributed by atoms with Crippen LogP contribution in [0.5, 0.6) is 0 Å². The van der Waals surface area contributed by atoms with Crippen molar-refractivity contribution in [1.29, 1.82) is 0 Å². The molecule has 1 aliphatic rings. The number of nitrogens with one attached hydrogen (secondary N) is 3. The lowest BCUT2D eigenvalue weighted by Gasteiger charge is -2.30. The number of aromatic nitrogens is 4. The highest BCUT2D eigenvalue weighted by Gasteiger charge is 2.16. The van der Waals surface area contributed by atoms with Gasteiger partial charge >= 0.3 is 0 Å². The molecule has 0 unspecified atom stereocenters. The average Bonchev–Trinajstić information content (AvgIpc) is 2.95. The first-order chi connectivity index (χ1) is 19.4. The van der Waals surface area contributed by atoms with Gasteiger partial charge < -0.3 is 25.8 Å². The van der Waals surface area contributed by atoms with Crippen molar-refractivity contribution in [2.45, 2.75) is 18.9 Å². The van der Waals surface area contributed by atoms with Crippen LogP contribution in [0.15, 0.2) is 73.2 Å². The van der Waals surface area contributed by atoms with Crippen LogP contribution in [-0.2, 0) is 4.79 Å². The molecule has 0 spiro atoms. The molecule has 1 aromatic carbocycles. The number of hydrogen-bond donors (Lipinski definition) is 3. The quantitative estimate of drug-likeness (QED) is 0.268. The molecule has 1 aliphatic heterocycles. The maximum Gasteiger partial charge on any atom is 0.248 e. The van der Waals surface area contributed by atoms with Crippen molar-refractivity contribution in [3.05, 3.63) is 73.2 Å². The van der Waals surface area contributed by atoms with Gasteiger partial charge in [0.2, 0.25) is 11.9 Å². The van der Waals surface area contributed by atoms with E-state index >= 15 is 0 Å². The third-order valence-corrected chi connectivity index (χ3v) is 6.74. The first-order valence-corrected chi connectivity index (χ1v) is 13.5. The molecule has 1 saturated heterocycles. The number of amides is 1. The Labute approximate surface area is 234 Å². The maximum absolute atomic E-state index is 12.3. The van der Waals surface area contributed by atoms with Crippen LogP contribution in [0.1, 0.15) is 12.8 Å². The number of carbonyl (C=O) groups is 1. The summed E-state index contributed by atoms with van der Waals surface area (Å²) in [5, 5.41) is 10.7. The normalized spacial score (nSPS) is 14.6. The summed E-state index contributed by atoms with van der Waals surface area (Å²) in [6, 6.07) is 14.1.